The first-order valence-electron chi connectivity index (χ1n) is 6.08. The number of rotatable bonds is 8. The number of nitrogens with zero attached hydrogens (tertiary/aromatic N) is 1. The number of hydrogen-bond acceptors (Lipinski definition) is 2. The molecule has 2 N–H and O–H groups in total. The van der Waals surface area contributed by atoms with Crippen molar-refractivity contribution in [3.63, 3.8) is 0 Å². The van der Waals surface area contributed by atoms with Crippen molar-refractivity contribution < 1.29 is 0 Å². The van der Waals surface area contributed by atoms with Crippen LogP contribution in [0.5, 0.6) is 0 Å². The predicted molar refractivity (Wildman–Crippen MR) is 64.5 cm³/mol. The van der Waals surface area contributed by atoms with Gasteiger partial charge in [0, 0.05) is 19.1 Å². The molecule has 2 nitrogen and oxygen atoms in total. The van der Waals surface area contributed by atoms with Gasteiger partial charge in [0.1, 0.15) is 0 Å². The van der Waals surface area contributed by atoms with Gasteiger partial charge in [0.05, 0.1) is 0 Å². The number of hydrogen-bond donors (Lipinski definition) is 1. The van der Waals surface area contributed by atoms with Crippen LogP contribution in [-0.2, 0) is 0 Å². The lowest BCUT2D eigenvalue weighted by molar-refractivity contribution is 0.236. The zero-order chi connectivity index (χ0) is 11.0. The molecule has 2 heteroatoms. The minimum atomic E-state index is 0.369. The normalized spacial score (nSPS) is 13.9. The molecule has 0 amide bonds. The molecule has 0 saturated carbocycles. The lowest BCUT2D eigenvalue weighted by atomic mass is 10.1. The molecule has 0 aliphatic carbocycles. The molecule has 0 heterocycles. The molecule has 0 aliphatic rings. The van der Waals surface area contributed by atoms with Crippen LogP contribution in [0.3, 0.4) is 0 Å². The van der Waals surface area contributed by atoms with Gasteiger partial charge in [-0.3, -0.25) is 0 Å². The highest BCUT2D eigenvalue weighted by Crippen LogP contribution is 2.03. The van der Waals surface area contributed by atoms with Gasteiger partial charge in [0.25, 0.3) is 0 Å². The van der Waals surface area contributed by atoms with Crippen LogP contribution >= 0.6 is 0 Å². The van der Waals surface area contributed by atoms with Gasteiger partial charge in [-0.05, 0) is 18.9 Å². The van der Waals surface area contributed by atoms with Gasteiger partial charge < -0.3 is 10.6 Å². The zero-order valence-corrected chi connectivity index (χ0v) is 10.4. The molecule has 0 rings (SSSR count). The summed E-state index contributed by atoms with van der Waals surface area (Å²) in [7, 11) is 0. The van der Waals surface area contributed by atoms with Crippen molar-refractivity contribution in [1.29, 1.82) is 0 Å². The van der Waals surface area contributed by atoms with Gasteiger partial charge in [-0.2, -0.15) is 0 Å². The van der Waals surface area contributed by atoms with E-state index in [9.17, 15) is 0 Å². The lowest BCUT2D eigenvalue weighted by Crippen LogP contribution is -2.39. The Morgan fingerprint density at radius 3 is 2.21 bits per heavy atom. The van der Waals surface area contributed by atoms with Crippen LogP contribution in [0.1, 0.15) is 47.0 Å². The summed E-state index contributed by atoms with van der Waals surface area (Å²) in [4.78, 5) is 2.46. The molecule has 14 heavy (non-hydrogen) atoms. The average Bonchev–Trinajstić information content (AvgIpc) is 2.12. The molecule has 86 valence electrons. The van der Waals surface area contributed by atoms with E-state index in [-0.39, 0.29) is 0 Å². The fourth-order valence-electron chi connectivity index (χ4n) is 1.74. The van der Waals surface area contributed by atoms with Gasteiger partial charge >= 0.3 is 0 Å². The van der Waals surface area contributed by atoms with Crippen molar-refractivity contribution in [3.05, 3.63) is 0 Å². The maximum absolute atomic E-state index is 6.07. The Balaban J connectivity index is 3.68. The fraction of sp³-hybridized carbons (Fsp3) is 1.00. The third kappa shape index (κ3) is 7.34. The standard InChI is InChI=1S/C12H28N2/c1-5-7-8-12(13)10-14(6-2)9-11(3)4/h11-12H,5-10,13H2,1-4H3. The predicted octanol–water partition coefficient (Wildman–Crippen LogP) is 2.48. The molecular formula is C12H28N2. The molecule has 0 spiro atoms. The SMILES string of the molecule is CCCCC(N)CN(CC)CC(C)C. The zero-order valence-electron chi connectivity index (χ0n) is 10.4. The van der Waals surface area contributed by atoms with Crippen molar-refractivity contribution >= 4 is 0 Å². The van der Waals surface area contributed by atoms with E-state index in [1.54, 1.807) is 0 Å². The van der Waals surface area contributed by atoms with Gasteiger partial charge in [0.15, 0.2) is 0 Å². The summed E-state index contributed by atoms with van der Waals surface area (Å²) in [6.07, 6.45) is 3.69. The third-order valence-electron chi connectivity index (χ3n) is 2.49. The van der Waals surface area contributed by atoms with Crippen LogP contribution in [0.2, 0.25) is 0 Å². The first-order valence-corrected chi connectivity index (χ1v) is 6.08. The van der Waals surface area contributed by atoms with E-state index in [1.807, 2.05) is 0 Å². The van der Waals surface area contributed by atoms with E-state index in [1.165, 1.54) is 25.8 Å². The molecule has 0 radical (unpaired) electrons. The molecule has 0 aliphatic heterocycles. The minimum absolute atomic E-state index is 0.369. The highest BCUT2D eigenvalue weighted by atomic mass is 15.1. The first kappa shape index (κ1) is 13.9. The molecule has 0 aromatic carbocycles. The fourth-order valence-corrected chi connectivity index (χ4v) is 1.74. The Bertz CT molecular complexity index is 123. The maximum atomic E-state index is 6.07. The van der Waals surface area contributed by atoms with Crippen LogP contribution < -0.4 is 5.73 Å². The smallest absolute Gasteiger partial charge is 0.0167 e. The highest BCUT2D eigenvalue weighted by Gasteiger charge is 2.09. The van der Waals surface area contributed by atoms with Crippen LogP contribution in [0, 0.1) is 5.92 Å². The van der Waals surface area contributed by atoms with Crippen LogP contribution in [0.4, 0.5) is 0 Å². The summed E-state index contributed by atoms with van der Waals surface area (Å²) in [5, 5.41) is 0. The summed E-state index contributed by atoms with van der Waals surface area (Å²) in [6.45, 7) is 12.3. The number of unbranched alkanes of at least 4 members (excludes halogenated alkanes) is 1. The van der Waals surface area contributed by atoms with Crippen molar-refractivity contribution in [2.75, 3.05) is 19.6 Å². The van der Waals surface area contributed by atoms with Crippen molar-refractivity contribution in [2.45, 2.75) is 53.0 Å². The Kier molecular flexibility index (Phi) is 8.20. The van der Waals surface area contributed by atoms with E-state index in [2.05, 4.69) is 32.6 Å². The van der Waals surface area contributed by atoms with E-state index in [0.717, 1.165) is 19.0 Å². The third-order valence-corrected chi connectivity index (χ3v) is 2.49. The second-order valence-corrected chi connectivity index (χ2v) is 4.65. The molecular weight excluding hydrogens is 172 g/mol. The lowest BCUT2D eigenvalue weighted by Gasteiger charge is -2.25. The molecule has 0 aromatic heterocycles. The second kappa shape index (κ2) is 8.25. The van der Waals surface area contributed by atoms with Crippen LogP contribution in [-0.4, -0.2) is 30.6 Å². The van der Waals surface area contributed by atoms with E-state index < -0.39 is 0 Å². The summed E-state index contributed by atoms with van der Waals surface area (Å²) in [6, 6.07) is 0.369. The summed E-state index contributed by atoms with van der Waals surface area (Å²) >= 11 is 0. The molecule has 0 aromatic rings. The summed E-state index contributed by atoms with van der Waals surface area (Å²) in [5.74, 6) is 0.744. The van der Waals surface area contributed by atoms with Gasteiger partial charge in [-0.25, -0.2) is 0 Å². The van der Waals surface area contributed by atoms with Gasteiger partial charge in [-0.15, -0.1) is 0 Å². The number of nitrogens with two attached hydrogens (primary N) is 1. The van der Waals surface area contributed by atoms with E-state index >= 15 is 0 Å². The maximum Gasteiger partial charge on any atom is 0.0167 e. The Morgan fingerprint density at radius 2 is 1.79 bits per heavy atom. The Labute approximate surface area is 89.9 Å². The van der Waals surface area contributed by atoms with Crippen molar-refractivity contribution in [2.24, 2.45) is 11.7 Å². The molecule has 0 bridgehead atoms. The van der Waals surface area contributed by atoms with E-state index in [0.29, 0.717) is 6.04 Å². The Morgan fingerprint density at radius 1 is 1.14 bits per heavy atom. The topological polar surface area (TPSA) is 29.3 Å². The molecule has 1 unspecified atom stereocenters. The molecule has 1 atom stereocenters. The minimum Gasteiger partial charge on any atom is -0.327 e. The van der Waals surface area contributed by atoms with Crippen LogP contribution in [0.25, 0.3) is 0 Å². The average molecular weight is 200 g/mol. The van der Waals surface area contributed by atoms with Crippen LogP contribution in [0.15, 0.2) is 0 Å². The largest absolute Gasteiger partial charge is 0.327 e. The highest BCUT2D eigenvalue weighted by molar-refractivity contribution is 4.68. The van der Waals surface area contributed by atoms with Crippen molar-refractivity contribution in [3.8, 4) is 0 Å². The first-order chi connectivity index (χ1) is 6.60. The Hall–Kier alpha value is -0.0800. The quantitative estimate of drug-likeness (QED) is 0.652. The summed E-state index contributed by atoms with van der Waals surface area (Å²) < 4.78 is 0. The molecule has 0 saturated heterocycles. The molecule has 0 fully saturated rings. The van der Waals surface area contributed by atoms with Gasteiger partial charge in [-0.1, -0.05) is 40.5 Å². The number of likely N-dealkylation sites (N-methyl/N-ethyl adjacent to an activating group) is 1. The van der Waals surface area contributed by atoms with E-state index in [4.69, 9.17) is 5.73 Å². The van der Waals surface area contributed by atoms with Crippen molar-refractivity contribution in [1.82, 2.24) is 4.90 Å². The monoisotopic (exact) mass is 200 g/mol. The van der Waals surface area contributed by atoms with Gasteiger partial charge in [0.2, 0.25) is 0 Å². The summed E-state index contributed by atoms with van der Waals surface area (Å²) in [5.41, 5.74) is 6.07. The second-order valence-electron chi connectivity index (χ2n) is 4.65.